The summed E-state index contributed by atoms with van der Waals surface area (Å²) < 4.78 is 130. The van der Waals surface area contributed by atoms with Crippen molar-refractivity contribution in [2.45, 2.75) is 45.6 Å². The number of halogens is 6. The molecule has 0 saturated carbocycles. The van der Waals surface area contributed by atoms with Gasteiger partial charge in [-0.05, 0) is 71.1 Å². The molecule has 0 aliphatic rings. The van der Waals surface area contributed by atoms with Crippen LogP contribution >= 0.6 is 0 Å². The lowest BCUT2D eigenvalue weighted by atomic mass is 9.99. The zero-order valence-electron chi connectivity index (χ0n) is 25.5. The molecule has 0 N–H and O–H groups in total. The molecule has 46 heavy (non-hydrogen) atoms. The number of pyridine rings is 2. The van der Waals surface area contributed by atoms with Gasteiger partial charge in [-0.15, -0.1) is 7.94 Å². The number of allylic oxidation sites excluding steroid dienone is 2. The number of alkyl halides is 6. The Balaban J connectivity index is 2.40. The van der Waals surface area contributed by atoms with Gasteiger partial charge in [0.05, 0.1) is 32.1 Å². The summed E-state index contributed by atoms with van der Waals surface area (Å²) in [5, 5.41) is 0. The first-order chi connectivity index (χ1) is 21.2. The van der Waals surface area contributed by atoms with Gasteiger partial charge in [-0.2, -0.15) is 43.2 Å². The number of hydrogen-bond acceptors (Lipinski definition) is 8. The quantitative estimate of drug-likeness (QED) is 0.126. The van der Waals surface area contributed by atoms with E-state index >= 15 is 0 Å². The van der Waals surface area contributed by atoms with Crippen LogP contribution < -0.4 is 17.7 Å². The van der Waals surface area contributed by atoms with Crippen molar-refractivity contribution in [3.63, 3.8) is 0 Å². The molecule has 18 heteroatoms. The predicted octanol–water partition coefficient (Wildman–Crippen LogP) is 3.85. The van der Waals surface area contributed by atoms with Crippen LogP contribution in [0.25, 0.3) is 12.2 Å². The lowest BCUT2D eigenvalue weighted by Crippen LogP contribution is -2.54. The lowest BCUT2D eigenvalue weighted by Gasteiger charge is -2.17. The van der Waals surface area contributed by atoms with Gasteiger partial charge in [-0.1, -0.05) is 0 Å². The zero-order valence-corrected chi connectivity index (χ0v) is 27.1. The molecule has 0 aromatic carbocycles. The summed E-state index contributed by atoms with van der Waals surface area (Å²) in [6.45, 7) is 8.48. The molecule has 2 heterocycles. The van der Waals surface area contributed by atoms with Crippen molar-refractivity contribution in [3.05, 3.63) is 59.9 Å². The number of aromatic nitrogens is 2. The third-order valence-corrected chi connectivity index (χ3v) is 9.64. The minimum atomic E-state index is -5.84. The smallest absolute Gasteiger partial charge is 0.294 e. The van der Waals surface area contributed by atoms with Crippen molar-refractivity contribution in [2.75, 3.05) is 36.0 Å². The second-order valence-corrected chi connectivity index (χ2v) is 13.3. The van der Waals surface area contributed by atoms with E-state index in [4.69, 9.17) is 0 Å². The maximum atomic E-state index is 13.4. The predicted molar refractivity (Wildman–Crippen MR) is 158 cm³/mol. The second-order valence-electron chi connectivity index (χ2n) is 9.67. The molecule has 2 aromatic rings. The van der Waals surface area contributed by atoms with Gasteiger partial charge in [0.15, 0.2) is 11.6 Å². The van der Waals surface area contributed by atoms with E-state index in [1.807, 2.05) is 0 Å². The Morgan fingerprint density at radius 1 is 0.674 bits per heavy atom. The molecular formula is C28H34F6N4O6S2+2. The summed E-state index contributed by atoms with van der Waals surface area (Å²) in [6, 6.07) is 4.87. The fourth-order valence-corrected chi connectivity index (χ4v) is 5.97. The van der Waals surface area contributed by atoms with Crippen LogP contribution in [0.4, 0.5) is 38.0 Å². The molecular weight excluding hydrogens is 666 g/mol. The molecule has 0 unspecified atom stereocenters. The van der Waals surface area contributed by atoms with Gasteiger partial charge in [0.2, 0.25) is 0 Å². The first kappa shape index (κ1) is 38.4. The van der Waals surface area contributed by atoms with E-state index in [9.17, 15) is 52.8 Å². The molecule has 254 valence electrons. The maximum absolute atomic E-state index is 13.4. The van der Waals surface area contributed by atoms with Crippen LogP contribution in [0.5, 0.6) is 0 Å². The first-order valence-corrected chi connectivity index (χ1v) is 16.7. The van der Waals surface area contributed by atoms with Crippen LogP contribution in [-0.4, -0.2) is 65.6 Å². The number of rotatable bonds is 14. The van der Waals surface area contributed by atoms with Crippen molar-refractivity contribution < 1.29 is 60.7 Å². The third kappa shape index (κ3) is 8.31. The van der Waals surface area contributed by atoms with Gasteiger partial charge >= 0.3 is 31.1 Å². The average Bonchev–Trinajstić information content (AvgIpc) is 2.98. The molecule has 0 aliphatic carbocycles. The Kier molecular flexibility index (Phi) is 12.3. The van der Waals surface area contributed by atoms with Gasteiger partial charge in [-0.25, -0.2) is 0 Å². The molecule has 0 saturated heterocycles. The standard InChI is InChI=1S/C28H34F6N4O6S2/c1-6-35(7-2)25-16-12-21(18-37(25)45(41,42)27(29,30)31)10-14-23(39)20(5)24(40)15-11-22-13-17-26(36(8-3)9-4)38(19-22)46(43,44)28(32,33)34/h10-20H,6-9H2,1-5H3/q+2/b14-10+,15-11+. The van der Waals surface area contributed by atoms with E-state index in [-0.39, 0.29) is 56.9 Å². The van der Waals surface area contributed by atoms with Gasteiger partial charge < -0.3 is 0 Å². The molecule has 0 bridgehead atoms. The third-order valence-electron chi connectivity index (χ3n) is 6.85. The topological polar surface area (TPSA) is 117 Å². The summed E-state index contributed by atoms with van der Waals surface area (Å²) in [4.78, 5) is 28.1. The Bertz CT molecular complexity index is 1590. The largest absolute Gasteiger partial charge is 0.537 e. The average molecular weight is 701 g/mol. The van der Waals surface area contributed by atoms with Crippen LogP contribution in [0.3, 0.4) is 0 Å². The fourth-order valence-electron chi connectivity index (χ4n) is 4.15. The van der Waals surface area contributed by atoms with Crippen LogP contribution in [0.2, 0.25) is 0 Å². The number of nitrogens with zero attached hydrogens (tertiary/aromatic N) is 4. The molecule has 0 spiro atoms. The van der Waals surface area contributed by atoms with Gasteiger partial charge in [0, 0.05) is 23.3 Å². The molecule has 2 aromatic heterocycles. The Labute approximate surface area is 263 Å². The summed E-state index contributed by atoms with van der Waals surface area (Å²) >= 11 is 0. The molecule has 0 fully saturated rings. The summed E-state index contributed by atoms with van der Waals surface area (Å²) in [5.41, 5.74) is -11.4. The Hall–Kier alpha value is -3.80. The highest BCUT2D eigenvalue weighted by Gasteiger charge is 2.53. The highest BCUT2D eigenvalue weighted by atomic mass is 32.2. The first-order valence-electron chi connectivity index (χ1n) is 13.9. The van der Waals surface area contributed by atoms with Crippen molar-refractivity contribution >= 4 is 55.4 Å². The summed E-state index contributed by atoms with van der Waals surface area (Å²) in [6.07, 6.45) is 5.19. The van der Waals surface area contributed by atoms with Gasteiger partial charge in [0.1, 0.15) is 12.4 Å². The molecule has 0 radical (unpaired) electrons. The van der Waals surface area contributed by atoms with Crippen molar-refractivity contribution in [2.24, 2.45) is 5.92 Å². The van der Waals surface area contributed by atoms with Gasteiger partial charge in [-0.3, -0.25) is 19.4 Å². The van der Waals surface area contributed by atoms with Crippen LogP contribution in [0.1, 0.15) is 45.7 Å². The van der Waals surface area contributed by atoms with Crippen LogP contribution in [-0.2, 0) is 29.6 Å². The lowest BCUT2D eigenvalue weighted by molar-refractivity contribution is -0.505. The van der Waals surface area contributed by atoms with Crippen molar-refractivity contribution in [1.29, 1.82) is 0 Å². The molecule has 10 nitrogen and oxygen atoms in total. The van der Waals surface area contributed by atoms with Crippen molar-refractivity contribution in [1.82, 2.24) is 0 Å². The van der Waals surface area contributed by atoms with E-state index < -0.39 is 48.5 Å². The second kappa shape index (κ2) is 14.7. The molecule has 0 aliphatic heterocycles. The fraction of sp³-hybridized carbons (Fsp3) is 0.429. The van der Waals surface area contributed by atoms with Crippen LogP contribution in [0.15, 0.2) is 48.8 Å². The number of carbonyl (C=O) groups is 2. The van der Waals surface area contributed by atoms with Crippen LogP contribution in [0, 0.1) is 5.92 Å². The Morgan fingerprint density at radius 2 is 0.978 bits per heavy atom. The van der Waals surface area contributed by atoms with E-state index in [0.29, 0.717) is 12.4 Å². The highest BCUT2D eigenvalue weighted by molar-refractivity contribution is 7.86. The number of anilines is 2. The zero-order chi connectivity index (χ0) is 35.3. The van der Waals surface area contributed by atoms with E-state index in [1.54, 1.807) is 27.7 Å². The highest BCUT2D eigenvalue weighted by Crippen LogP contribution is 2.25. The maximum Gasteiger partial charge on any atom is 0.537 e. The number of carbonyl (C=O) groups excluding carboxylic acids is 2. The minimum absolute atomic E-state index is 0.0677. The molecule has 0 amide bonds. The van der Waals surface area contributed by atoms with Gasteiger partial charge in [0.25, 0.3) is 11.6 Å². The van der Waals surface area contributed by atoms with E-state index in [2.05, 4.69) is 0 Å². The van der Waals surface area contributed by atoms with Crippen molar-refractivity contribution in [3.8, 4) is 0 Å². The normalized spacial score (nSPS) is 13.1. The van der Waals surface area contributed by atoms with E-state index in [0.717, 1.165) is 36.4 Å². The summed E-state index contributed by atoms with van der Waals surface area (Å²) in [7, 11) is -11.7. The summed E-state index contributed by atoms with van der Waals surface area (Å²) in [5.74, 6) is -3.52. The van der Waals surface area contributed by atoms with E-state index in [1.165, 1.54) is 28.9 Å². The minimum Gasteiger partial charge on any atom is -0.294 e. The monoisotopic (exact) mass is 700 g/mol. The number of hydrogen-bond donors (Lipinski definition) is 0. The molecule has 2 rings (SSSR count). The SMILES string of the molecule is CCN(CC)c1ccc(/C=C/C(=O)C(C)C(=O)/C=C/c2ccc(N(CC)CC)[n+](S(=O)(=O)C(F)(F)F)c2)c[n+]1S(=O)(=O)C(F)(F)F. The number of ketones is 2. The molecule has 0 atom stereocenters. The Morgan fingerprint density at radius 3 is 1.24 bits per heavy atom.